The summed E-state index contributed by atoms with van der Waals surface area (Å²) in [5, 5.41) is 10.4. The molecule has 2 heterocycles. The molecule has 3 aromatic rings. The number of nitrogens with one attached hydrogen (secondary N) is 2. The summed E-state index contributed by atoms with van der Waals surface area (Å²) in [6.07, 6.45) is 4.35. The number of aromatic nitrogens is 3. The molecule has 1 unspecified atom stereocenters. The molecular formula is C23H25N5O. The van der Waals surface area contributed by atoms with Crippen molar-refractivity contribution in [3.8, 4) is 11.4 Å². The first-order valence-corrected chi connectivity index (χ1v) is 10.4. The lowest BCUT2D eigenvalue weighted by atomic mass is 10.1. The zero-order chi connectivity index (χ0) is 19.6. The Hall–Kier alpha value is -2.99. The molecule has 1 saturated carbocycles. The fourth-order valence-corrected chi connectivity index (χ4v) is 4.00. The molecule has 148 valence electrons. The largest absolute Gasteiger partial charge is 0.325 e. The SMILES string of the molecule is O=C(Nc1ccc(-c2n[nH]c(C3CC3)n2)cc1)C1CCCN1Cc1ccccc1. The average Bonchev–Trinajstić information content (AvgIpc) is 3.29. The van der Waals surface area contributed by atoms with Crippen LogP contribution in [0.25, 0.3) is 11.4 Å². The summed E-state index contributed by atoms with van der Waals surface area (Å²) in [4.78, 5) is 19.7. The van der Waals surface area contributed by atoms with Crippen LogP contribution in [0.5, 0.6) is 0 Å². The molecule has 5 rings (SSSR count). The second-order valence-corrected chi connectivity index (χ2v) is 8.00. The molecule has 1 amide bonds. The number of benzene rings is 2. The molecule has 0 spiro atoms. The predicted molar refractivity (Wildman–Crippen MR) is 112 cm³/mol. The quantitative estimate of drug-likeness (QED) is 0.672. The maximum absolute atomic E-state index is 12.9. The van der Waals surface area contributed by atoms with Crippen LogP contribution in [0.3, 0.4) is 0 Å². The van der Waals surface area contributed by atoms with E-state index < -0.39 is 0 Å². The fraction of sp³-hybridized carbons (Fsp3) is 0.348. The molecule has 6 heteroatoms. The minimum Gasteiger partial charge on any atom is -0.325 e. The molecule has 1 atom stereocenters. The van der Waals surface area contributed by atoms with Crippen molar-refractivity contribution in [1.29, 1.82) is 0 Å². The van der Waals surface area contributed by atoms with E-state index in [1.165, 1.54) is 18.4 Å². The lowest BCUT2D eigenvalue weighted by molar-refractivity contribution is -0.120. The highest BCUT2D eigenvalue weighted by Gasteiger charge is 2.30. The molecule has 2 fully saturated rings. The Labute approximate surface area is 170 Å². The van der Waals surface area contributed by atoms with Crippen LogP contribution in [0.1, 0.15) is 43.0 Å². The smallest absolute Gasteiger partial charge is 0.241 e. The zero-order valence-electron chi connectivity index (χ0n) is 16.3. The summed E-state index contributed by atoms with van der Waals surface area (Å²) in [7, 11) is 0. The van der Waals surface area contributed by atoms with Gasteiger partial charge in [-0.3, -0.25) is 14.8 Å². The number of hydrogen-bond acceptors (Lipinski definition) is 4. The van der Waals surface area contributed by atoms with Crippen molar-refractivity contribution in [2.45, 2.75) is 44.2 Å². The van der Waals surface area contributed by atoms with Crippen molar-refractivity contribution in [1.82, 2.24) is 20.1 Å². The molecule has 1 aliphatic heterocycles. The maximum Gasteiger partial charge on any atom is 0.241 e. The lowest BCUT2D eigenvalue weighted by Gasteiger charge is -2.23. The number of likely N-dealkylation sites (tertiary alicyclic amines) is 1. The number of anilines is 1. The fourth-order valence-electron chi connectivity index (χ4n) is 4.00. The van der Waals surface area contributed by atoms with Crippen LogP contribution in [0, 0.1) is 0 Å². The van der Waals surface area contributed by atoms with Crippen LogP contribution in [-0.2, 0) is 11.3 Å². The Morgan fingerprint density at radius 3 is 2.62 bits per heavy atom. The van der Waals surface area contributed by atoms with Crippen molar-refractivity contribution >= 4 is 11.6 Å². The first-order valence-electron chi connectivity index (χ1n) is 10.4. The van der Waals surface area contributed by atoms with Crippen LogP contribution in [0.15, 0.2) is 54.6 Å². The van der Waals surface area contributed by atoms with E-state index in [0.29, 0.717) is 5.92 Å². The van der Waals surface area contributed by atoms with Crippen LogP contribution >= 0.6 is 0 Å². The van der Waals surface area contributed by atoms with Gasteiger partial charge in [-0.25, -0.2) is 4.98 Å². The highest BCUT2D eigenvalue weighted by atomic mass is 16.2. The molecule has 2 N–H and O–H groups in total. The molecule has 2 aromatic carbocycles. The van der Waals surface area contributed by atoms with E-state index in [2.05, 4.69) is 37.5 Å². The van der Waals surface area contributed by atoms with Gasteiger partial charge < -0.3 is 5.32 Å². The van der Waals surface area contributed by atoms with E-state index in [0.717, 1.165) is 48.8 Å². The lowest BCUT2D eigenvalue weighted by Crippen LogP contribution is -2.39. The average molecular weight is 387 g/mol. The molecule has 0 bridgehead atoms. The third kappa shape index (κ3) is 4.07. The number of carbonyl (C=O) groups excluding carboxylic acids is 1. The maximum atomic E-state index is 12.9. The molecule has 1 saturated heterocycles. The van der Waals surface area contributed by atoms with Gasteiger partial charge in [0.05, 0.1) is 6.04 Å². The van der Waals surface area contributed by atoms with Crippen molar-refractivity contribution in [3.05, 3.63) is 66.0 Å². The van der Waals surface area contributed by atoms with Crippen molar-refractivity contribution < 1.29 is 4.79 Å². The number of aromatic amines is 1. The van der Waals surface area contributed by atoms with Gasteiger partial charge in [-0.05, 0) is 62.1 Å². The summed E-state index contributed by atoms with van der Waals surface area (Å²) < 4.78 is 0. The van der Waals surface area contributed by atoms with Gasteiger partial charge in [0, 0.05) is 23.7 Å². The second kappa shape index (κ2) is 7.79. The monoisotopic (exact) mass is 387 g/mol. The number of rotatable bonds is 6. The molecule has 1 aliphatic carbocycles. The summed E-state index contributed by atoms with van der Waals surface area (Å²) >= 11 is 0. The van der Waals surface area contributed by atoms with Gasteiger partial charge in [-0.2, -0.15) is 5.10 Å². The Balaban J connectivity index is 1.22. The minimum absolute atomic E-state index is 0.0695. The molecule has 2 aliphatic rings. The summed E-state index contributed by atoms with van der Waals surface area (Å²) in [5.74, 6) is 2.33. The first-order chi connectivity index (χ1) is 14.3. The number of H-pyrrole nitrogens is 1. The van der Waals surface area contributed by atoms with E-state index in [9.17, 15) is 4.79 Å². The van der Waals surface area contributed by atoms with Crippen LogP contribution in [0.4, 0.5) is 5.69 Å². The van der Waals surface area contributed by atoms with Gasteiger partial charge in [0.1, 0.15) is 5.82 Å². The molecule has 0 radical (unpaired) electrons. The van der Waals surface area contributed by atoms with Gasteiger partial charge in [0.2, 0.25) is 5.91 Å². The first kappa shape index (κ1) is 18.1. The predicted octanol–water partition coefficient (Wildman–Crippen LogP) is 3.95. The van der Waals surface area contributed by atoms with Crippen molar-refractivity contribution in [2.75, 3.05) is 11.9 Å². The Morgan fingerprint density at radius 1 is 1.07 bits per heavy atom. The standard InChI is InChI=1S/C23H25N5O/c29-23(20-7-4-14-28(20)15-16-5-2-1-3-6-16)24-19-12-10-18(11-13-19)22-25-21(26-27-22)17-8-9-17/h1-3,5-6,10-13,17,20H,4,7-9,14-15H2,(H,24,29)(H,25,26,27). The number of nitrogens with zero attached hydrogens (tertiary/aromatic N) is 3. The normalized spacial score (nSPS) is 19.4. The van der Waals surface area contributed by atoms with Crippen LogP contribution in [-0.4, -0.2) is 38.6 Å². The summed E-state index contributed by atoms with van der Waals surface area (Å²) in [6, 6.07) is 18.0. The molecular weight excluding hydrogens is 362 g/mol. The highest BCUT2D eigenvalue weighted by Crippen LogP contribution is 2.38. The number of carbonyl (C=O) groups is 1. The minimum atomic E-state index is -0.0796. The van der Waals surface area contributed by atoms with Gasteiger partial charge in [-0.1, -0.05) is 30.3 Å². The van der Waals surface area contributed by atoms with E-state index >= 15 is 0 Å². The summed E-state index contributed by atoms with van der Waals surface area (Å²) in [5.41, 5.74) is 3.01. The van der Waals surface area contributed by atoms with Crippen LogP contribution in [0.2, 0.25) is 0 Å². The second-order valence-electron chi connectivity index (χ2n) is 8.00. The Kier molecular flexibility index (Phi) is 4.86. The molecule has 1 aromatic heterocycles. The van der Waals surface area contributed by atoms with Crippen molar-refractivity contribution in [2.24, 2.45) is 0 Å². The van der Waals surface area contributed by atoms with Gasteiger partial charge in [0.25, 0.3) is 0 Å². The number of amides is 1. The third-order valence-electron chi connectivity index (χ3n) is 5.77. The zero-order valence-corrected chi connectivity index (χ0v) is 16.3. The highest BCUT2D eigenvalue weighted by molar-refractivity contribution is 5.95. The number of hydrogen-bond donors (Lipinski definition) is 2. The Bertz CT molecular complexity index is 978. The third-order valence-corrected chi connectivity index (χ3v) is 5.77. The molecule has 6 nitrogen and oxygen atoms in total. The van der Waals surface area contributed by atoms with Gasteiger partial charge in [0.15, 0.2) is 5.82 Å². The topological polar surface area (TPSA) is 73.9 Å². The van der Waals surface area contributed by atoms with E-state index in [1.807, 2.05) is 42.5 Å². The van der Waals surface area contributed by atoms with Gasteiger partial charge >= 0.3 is 0 Å². The van der Waals surface area contributed by atoms with E-state index in [-0.39, 0.29) is 11.9 Å². The Morgan fingerprint density at radius 2 is 1.86 bits per heavy atom. The van der Waals surface area contributed by atoms with Crippen molar-refractivity contribution in [3.63, 3.8) is 0 Å². The van der Waals surface area contributed by atoms with Crippen LogP contribution < -0.4 is 5.32 Å². The summed E-state index contributed by atoms with van der Waals surface area (Å²) in [6.45, 7) is 1.77. The van der Waals surface area contributed by atoms with Gasteiger partial charge in [-0.15, -0.1) is 0 Å². The van der Waals surface area contributed by atoms with E-state index in [4.69, 9.17) is 0 Å². The van der Waals surface area contributed by atoms with E-state index in [1.54, 1.807) is 0 Å². The molecule has 29 heavy (non-hydrogen) atoms.